The van der Waals surface area contributed by atoms with Crippen LogP contribution < -0.4 is 10.1 Å². The maximum absolute atomic E-state index is 12.9. The Bertz CT molecular complexity index is 565. The summed E-state index contributed by atoms with van der Waals surface area (Å²) in [4.78, 5) is 0. The van der Waals surface area contributed by atoms with Crippen LogP contribution in [0.4, 0.5) is 10.1 Å². The molecule has 0 fully saturated rings. The summed E-state index contributed by atoms with van der Waals surface area (Å²) in [5, 5.41) is 3.63. The molecule has 2 aromatic rings. The van der Waals surface area contributed by atoms with Gasteiger partial charge in [-0.3, -0.25) is 0 Å². The molecule has 0 aliphatic carbocycles. The van der Waals surface area contributed by atoms with Crippen LogP contribution in [0.3, 0.4) is 0 Å². The van der Waals surface area contributed by atoms with Gasteiger partial charge in [0.1, 0.15) is 18.2 Å². The smallest absolute Gasteiger partial charge is 0.139 e. The van der Waals surface area contributed by atoms with Gasteiger partial charge < -0.3 is 10.1 Å². The van der Waals surface area contributed by atoms with Gasteiger partial charge in [-0.2, -0.15) is 0 Å². The number of nitrogens with one attached hydrogen (secondary N) is 1. The summed E-state index contributed by atoms with van der Waals surface area (Å²) < 4.78 is 19.4. The first kappa shape index (κ1) is 14.2. The van der Waals surface area contributed by atoms with Crippen LogP contribution in [-0.4, -0.2) is 13.2 Å². The molecule has 0 amide bonds. The number of hydrogen-bond donors (Lipinski definition) is 1. The van der Waals surface area contributed by atoms with Crippen LogP contribution in [0, 0.1) is 5.82 Å². The summed E-state index contributed by atoms with van der Waals surface area (Å²) in [5.41, 5.74) is 0.726. The van der Waals surface area contributed by atoms with Crippen molar-refractivity contribution in [1.82, 2.24) is 0 Å². The Kier molecular flexibility index (Phi) is 5.05. The van der Waals surface area contributed by atoms with Crippen molar-refractivity contribution in [2.45, 2.75) is 0 Å². The molecule has 0 spiro atoms. The van der Waals surface area contributed by atoms with Crippen molar-refractivity contribution >= 4 is 33.2 Å². The molecule has 0 aliphatic rings. The molecule has 0 radical (unpaired) electrons. The molecule has 0 heterocycles. The Hall–Kier alpha value is -1.26. The predicted octanol–water partition coefficient (Wildman–Crippen LogP) is 4.73. The summed E-state index contributed by atoms with van der Waals surface area (Å²) in [6, 6.07) is 11.7. The van der Waals surface area contributed by atoms with Gasteiger partial charge >= 0.3 is 0 Å². The van der Waals surface area contributed by atoms with E-state index in [-0.39, 0.29) is 5.82 Å². The maximum atomic E-state index is 12.9. The van der Waals surface area contributed by atoms with Gasteiger partial charge in [0.2, 0.25) is 0 Å². The second-order valence-corrected chi connectivity index (χ2v) is 5.18. The van der Waals surface area contributed by atoms with E-state index in [2.05, 4.69) is 21.2 Å². The molecule has 2 aromatic carbocycles. The molecule has 2 nitrogen and oxygen atoms in total. The molecule has 0 saturated carbocycles. The normalized spacial score (nSPS) is 10.3. The average molecular weight is 345 g/mol. The first-order valence-electron chi connectivity index (χ1n) is 5.72. The number of hydrogen-bond acceptors (Lipinski definition) is 2. The third-order valence-electron chi connectivity index (χ3n) is 2.41. The second-order valence-electron chi connectivity index (χ2n) is 3.86. The minimum Gasteiger partial charge on any atom is -0.490 e. The zero-order valence-electron chi connectivity index (χ0n) is 10.00. The van der Waals surface area contributed by atoms with Gasteiger partial charge in [0.05, 0.1) is 5.02 Å². The number of halogens is 3. The lowest BCUT2D eigenvalue weighted by Gasteiger charge is -2.10. The third kappa shape index (κ3) is 4.40. The molecule has 0 atom stereocenters. The molecule has 19 heavy (non-hydrogen) atoms. The Labute approximate surface area is 124 Å². The van der Waals surface area contributed by atoms with Gasteiger partial charge in [-0.25, -0.2) is 4.39 Å². The SMILES string of the molecule is Fc1cccc(NCCOc2cc(Br)ccc2Cl)c1. The van der Waals surface area contributed by atoms with E-state index in [9.17, 15) is 4.39 Å². The quantitative estimate of drug-likeness (QED) is 0.792. The van der Waals surface area contributed by atoms with E-state index in [1.54, 1.807) is 18.2 Å². The molecular formula is C14H12BrClFNO. The van der Waals surface area contributed by atoms with E-state index < -0.39 is 0 Å². The largest absolute Gasteiger partial charge is 0.490 e. The minimum atomic E-state index is -0.263. The lowest BCUT2D eigenvalue weighted by Crippen LogP contribution is -2.11. The fraction of sp³-hybridized carbons (Fsp3) is 0.143. The van der Waals surface area contributed by atoms with E-state index in [1.165, 1.54) is 12.1 Å². The van der Waals surface area contributed by atoms with E-state index in [0.717, 1.165) is 10.2 Å². The van der Waals surface area contributed by atoms with Crippen LogP contribution in [-0.2, 0) is 0 Å². The van der Waals surface area contributed by atoms with E-state index in [1.807, 2.05) is 12.1 Å². The molecule has 0 saturated heterocycles. The highest BCUT2D eigenvalue weighted by atomic mass is 79.9. The summed E-state index contributed by atoms with van der Waals surface area (Å²) in [5.74, 6) is 0.359. The van der Waals surface area contributed by atoms with Crippen LogP contribution in [0.25, 0.3) is 0 Å². The first-order chi connectivity index (χ1) is 9.15. The monoisotopic (exact) mass is 343 g/mol. The molecule has 0 aliphatic heterocycles. The van der Waals surface area contributed by atoms with Crippen LogP contribution in [0.5, 0.6) is 5.75 Å². The van der Waals surface area contributed by atoms with Crippen LogP contribution in [0.15, 0.2) is 46.9 Å². The zero-order valence-corrected chi connectivity index (χ0v) is 12.3. The lowest BCUT2D eigenvalue weighted by atomic mass is 10.3. The second kappa shape index (κ2) is 6.78. The molecule has 1 N–H and O–H groups in total. The topological polar surface area (TPSA) is 21.3 Å². The Balaban J connectivity index is 1.82. The fourth-order valence-electron chi connectivity index (χ4n) is 1.54. The Morgan fingerprint density at radius 2 is 2.05 bits per heavy atom. The van der Waals surface area contributed by atoms with Gasteiger partial charge in [-0.15, -0.1) is 0 Å². The van der Waals surface area contributed by atoms with Crippen molar-refractivity contribution in [2.24, 2.45) is 0 Å². The van der Waals surface area contributed by atoms with Crippen molar-refractivity contribution in [3.63, 3.8) is 0 Å². The maximum Gasteiger partial charge on any atom is 0.139 e. The molecule has 0 bridgehead atoms. The third-order valence-corrected chi connectivity index (χ3v) is 3.21. The number of ether oxygens (including phenoxy) is 1. The molecule has 100 valence electrons. The summed E-state index contributed by atoms with van der Waals surface area (Å²) >= 11 is 9.35. The standard InChI is InChI=1S/C14H12BrClFNO/c15-10-4-5-13(16)14(8-10)19-7-6-18-12-3-1-2-11(17)9-12/h1-5,8-9,18H,6-7H2. The number of anilines is 1. The van der Waals surface area contributed by atoms with Gasteiger partial charge in [0.25, 0.3) is 0 Å². The Morgan fingerprint density at radius 1 is 1.21 bits per heavy atom. The average Bonchev–Trinajstić information content (AvgIpc) is 2.39. The van der Waals surface area contributed by atoms with E-state index in [0.29, 0.717) is 23.9 Å². The highest BCUT2D eigenvalue weighted by molar-refractivity contribution is 9.10. The van der Waals surface area contributed by atoms with Crippen molar-refractivity contribution in [2.75, 3.05) is 18.5 Å². The summed E-state index contributed by atoms with van der Waals surface area (Å²) in [7, 11) is 0. The first-order valence-corrected chi connectivity index (χ1v) is 6.89. The van der Waals surface area contributed by atoms with Crippen molar-refractivity contribution in [1.29, 1.82) is 0 Å². The van der Waals surface area contributed by atoms with Gasteiger partial charge in [0.15, 0.2) is 0 Å². The van der Waals surface area contributed by atoms with Crippen molar-refractivity contribution in [3.05, 3.63) is 57.8 Å². The summed E-state index contributed by atoms with van der Waals surface area (Å²) in [6.07, 6.45) is 0. The number of benzene rings is 2. The number of rotatable bonds is 5. The van der Waals surface area contributed by atoms with Crippen LogP contribution >= 0.6 is 27.5 Å². The van der Waals surface area contributed by atoms with Gasteiger partial charge in [-0.05, 0) is 36.4 Å². The highest BCUT2D eigenvalue weighted by Gasteiger charge is 2.02. The highest BCUT2D eigenvalue weighted by Crippen LogP contribution is 2.27. The molecule has 0 aromatic heterocycles. The van der Waals surface area contributed by atoms with Crippen molar-refractivity contribution in [3.8, 4) is 5.75 Å². The predicted molar refractivity (Wildman–Crippen MR) is 79.5 cm³/mol. The van der Waals surface area contributed by atoms with E-state index >= 15 is 0 Å². The van der Waals surface area contributed by atoms with E-state index in [4.69, 9.17) is 16.3 Å². The van der Waals surface area contributed by atoms with Gasteiger partial charge in [0, 0.05) is 16.7 Å². The van der Waals surface area contributed by atoms with Crippen LogP contribution in [0.1, 0.15) is 0 Å². The Morgan fingerprint density at radius 3 is 2.84 bits per heavy atom. The zero-order chi connectivity index (χ0) is 13.7. The van der Waals surface area contributed by atoms with Gasteiger partial charge in [-0.1, -0.05) is 33.6 Å². The summed E-state index contributed by atoms with van der Waals surface area (Å²) in [6.45, 7) is 0.999. The molecule has 5 heteroatoms. The molecule has 2 rings (SSSR count). The van der Waals surface area contributed by atoms with Crippen molar-refractivity contribution < 1.29 is 9.13 Å². The lowest BCUT2D eigenvalue weighted by molar-refractivity contribution is 0.333. The molecule has 0 unspecified atom stereocenters. The molecular weight excluding hydrogens is 333 g/mol. The fourth-order valence-corrected chi connectivity index (χ4v) is 2.05. The minimum absolute atomic E-state index is 0.263. The van der Waals surface area contributed by atoms with Crippen LogP contribution in [0.2, 0.25) is 5.02 Å².